The molecule has 10 nitrogen and oxygen atoms in total. The molecule has 0 aliphatic rings. The number of unbranched alkanes of at least 4 members (excludes halogenated alkanes) is 8. The number of carboxylic acids is 1. The number of ether oxygens (including phenoxy) is 2. The van der Waals surface area contributed by atoms with E-state index in [0.29, 0.717) is 24.2 Å². The highest BCUT2D eigenvalue weighted by Crippen LogP contribution is 2.44. The lowest BCUT2D eigenvalue weighted by atomic mass is 10.1. The number of para-hydroxylation sites is 1. The molecule has 42 heavy (non-hydrogen) atoms. The second-order valence-corrected chi connectivity index (χ2v) is 11.7. The van der Waals surface area contributed by atoms with E-state index in [9.17, 15) is 19.0 Å². The van der Waals surface area contributed by atoms with Crippen molar-refractivity contribution in [2.45, 2.75) is 96.8 Å². The van der Waals surface area contributed by atoms with E-state index in [0.717, 1.165) is 24.2 Å². The molecule has 0 aliphatic carbocycles. The first kappa shape index (κ1) is 35.4. The maximum absolute atomic E-state index is 12.4. The zero-order valence-corrected chi connectivity index (χ0v) is 25.5. The van der Waals surface area contributed by atoms with E-state index in [4.69, 9.17) is 24.8 Å². The van der Waals surface area contributed by atoms with Crippen molar-refractivity contribution in [3.8, 4) is 5.75 Å². The van der Waals surface area contributed by atoms with E-state index in [1.807, 2.05) is 24.3 Å². The van der Waals surface area contributed by atoms with Gasteiger partial charge in [-0.2, -0.15) is 0 Å². The average molecular weight is 608 g/mol. The summed E-state index contributed by atoms with van der Waals surface area (Å²) < 4.78 is 32.9. The predicted molar refractivity (Wildman–Crippen MR) is 160 cm³/mol. The number of hydrogen-bond donors (Lipinski definition) is 3. The number of hydrogen-bond acceptors (Lipinski definition) is 8. The Kier molecular flexibility index (Phi) is 17.1. The summed E-state index contributed by atoms with van der Waals surface area (Å²) in [5.74, 6) is -0.916. The molecule has 234 valence electrons. The monoisotopic (exact) mass is 607 g/mol. The van der Waals surface area contributed by atoms with Gasteiger partial charge in [0.2, 0.25) is 0 Å². The highest BCUT2D eigenvalue weighted by atomic mass is 31.2. The Hall–Kier alpha value is -2.75. The highest BCUT2D eigenvalue weighted by Gasteiger charge is 2.24. The van der Waals surface area contributed by atoms with Crippen LogP contribution in [0.15, 0.2) is 48.5 Å². The van der Waals surface area contributed by atoms with E-state index in [1.54, 1.807) is 24.3 Å². The van der Waals surface area contributed by atoms with Crippen LogP contribution >= 0.6 is 7.82 Å². The number of aliphatic carboxylic acids is 1. The van der Waals surface area contributed by atoms with E-state index in [2.05, 4.69) is 11.4 Å². The van der Waals surface area contributed by atoms with Crippen molar-refractivity contribution >= 4 is 19.8 Å². The van der Waals surface area contributed by atoms with Gasteiger partial charge >= 0.3 is 19.8 Å². The van der Waals surface area contributed by atoms with Crippen molar-refractivity contribution in [2.24, 2.45) is 5.73 Å². The largest absolute Gasteiger partial charge is 0.493 e. The highest BCUT2D eigenvalue weighted by molar-refractivity contribution is 7.47. The van der Waals surface area contributed by atoms with Gasteiger partial charge in [0, 0.05) is 6.42 Å². The number of benzene rings is 2. The molecule has 11 heteroatoms. The molecule has 2 aromatic carbocycles. The first-order valence-corrected chi connectivity index (χ1v) is 16.2. The molecule has 4 N–H and O–H groups in total. The van der Waals surface area contributed by atoms with Gasteiger partial charge in [0.15, 0.2) is 0 Å². The molecule has 0 spiro atoms. The SMILES string of the molecule is CCCCCCCCCCCOc1ccccc1CCC(=O)OCc1cccc(COP(=O)(O)OC[C@H](N)C(=O)O)c1. The topological polar surface area (TPSA) is 155 Å². The molecule has 0 fully saturated rings. The summed E-state index contributed by atoms with van der Waals surface area (Å²) in [7, 11) is -4.50. The fourth-order valence-electron chi connectivity index (χ4n) is 4.17. The smallest absolute Gasteiger partial charge is 0.472 e. The molecule has 1 unspecified atom stereocenters. The Bertz CT molecular complexity index is 1130. The van der Waals surface area contributed by atoms with Crippen LogP contribution in [0.1, 0.15) is 87.8 Å². The number of rotatable bonds is 23. The minimum Gasteiger partial charge on any atom is -0.493 e. The second kappa shape index (κ2) is 20.2. The lowest BCUT2D eigenvalue weighted by Crippen LogP contribution is -2.34. The molecule has 0 saturated heterocycles. The Labute approximate surface area is 249 Å². The Morgan fingerprint density at radius 3 is 2.21 bits per heavy atom. The minimum absolute atomic E-state index is 0.0319. The lowest BCUT2D eigenvalue weighted by molar-refractivity contribution is -0.145. The number of esters is 1. The third kappa shape index (κ3) is 15.5. The van der Waals surface area contributed by atoms with Crippen LogP contribution in [0.3, 0.4) is 0 Å². The van der Waals surface area contributed by atoms with Crippen molar-refractivity contribution in [3.05, 3.63) is 65.2 Å². The summed E-state index contributed by atoms with van der Waals surface area (Å²) in [4.78, 5) is 32.9. The molecule has 0 radical (unpaired) electrons. The van der Waals surface area contributed by atoms with Crippen LogP contribution in [0.5, 0.6) is 5.75 Å². The fourth-order valence-corrected chi connectivity index (χ4v) is 4.90. The zero-order chi connectivity index (χ0) is 30.6. The number of nitrogens with two attached hydrogens (primary N) is 1. The Morgan fingerprint density at radius 1 is 0.881 bits per heavy atom. The third-order valence-corrected chi connectivity index (χ3v) is 7.53. The van der Waals surface area contributed by atoms with Crippen LogP contribution in [0, 0.1) is 0 Å². The van der Waals surface area contributed by atoms with Crippen LogP contribution in [0.25, 0.3) is 0 Å². The van der Waals surface area contributed by atoms with Crippen molar-refractivity contribution in [1.29, 1.82) is 0 Å². The minimum atomic E-state index is -4.50. The van der Waals surface area contributed by atoms with Crippen molar-refractivity contribution in [3.63, 3.8) is 0 Å². The van der Waals surface area contributed by atoms with E-state index >= 15 is 0 Å². The summed E-state index contributed by atoms with van der Waals surface area (Å²) in [6, 6.07) is 13.1. The van der Waals surface area contributed by atoms with Gasteiger partial charge in [-0.25, -0.2) is 4.57 Å². The number of phosphoric ester groups is 1. The molecule has 0 aliphatic heterocycles. The summed E-state index contributed by atoms with van der Waals surface area (Å²) in [5.41, 5.74) is 7.44. The summed E-state index contributed by atoms with van der Waals surface area (Å²) >= 11 is 0. The van der Waals surface area contributed by atoms with Crippen LogP contribution < -0.4 is 10.5 Å². The van der Waals surface area contributed by atoms with Gasteiger partial charge in [-0.1, -0.05) is 101 Å². The third-order valence-electron chi connectivity index (χ3n) is 6.60. The van der Waals surface area contributed by atoms with Gasteiger partial charge in [-0.3, -0.25) is 18.6 Å². The first-order valence-electron chi connectivity index (χ1n) is 14.7. The average Bonchev–Trinajstić information content (AvgIpc) is 2.98. The first-order chi connectivity index (χ1) is 20.2. The van der Waals surface area contributed by atoms with E-state index in [-0.39, 0.29) is 25.6 Å². The maximum Gasteiger partial charge on any atom is 0.472 e. The second-order valence-electron chi connectivity index (χ2n) is 10.2. The van der Waals surface area contributed by atoms with Crippen LogP contribution in [0.2, 0.25) is 0 Å². The molecule has 0 heterocycles. The number of carbonyl (C=O) groups is 2. The fraction of sp³-hybridized carbons (Fsp3) is 0.548. The van der Waals surface area contributed by atoms with Crippen molar-refractivity contribution in [1.82, 2.24) is 0 Å². The summed E-state index contributed by atoms with van der Waals surface area (Å²) in [6.45, 7) is 1.98. The van der Waals surface area contributed by atoms with E-state index < -0.39 is 26.4 Å². The van der Waals surface area contributed by atoms with Gasteiger partial charge in [0.1, 0.15) is 18.4 Å². The molecule has 0 saturated carbocycles. The Morgan fingerprint density at radius 2 is 1.52 bits per heavy atom. The van der Waals surface area contributed by atoms with E-state index in [1.165, 1.54) is 44.9 Å². The normalized spacial score (nSPS) is 13.3. The lowest BCUT2D eigenvalue weighted by Gasteiger charge is -2.14. The van der Waals surface area contributed by atoms with Crippen LogP contribution in [0.4, 0.5) is 0 Å². The predicted octanol–water partition coefficient (Wildman–Crippen LogP) is 6.32. The number of carboxylic acid groups (broad SMARTS) is 1. The van der Waals surface area contributed by atoms with Crippen LogP contribution in [-0.2, 0) is 47.6 Å². The quantitative estimate of drug-likeness (QED) is 0.0743. The molecule has 2 atom stereocenters. The summed E-state index contributed by atoms with van der Waals surface area (Å²) in [5, 5.41) is 8.74. The Balaban J connectivity index is 1.69. The molecule has 2 aromatic rings. The molecule has 0 amide bonds. The van der Waals surface area contributed by atoms with Gasteiger partial charge in [0.05, 0.1) is 19.8 Å². The van der Waals surface area contributed by atoms with Gasteiger partial charge in [0.25, 0.3) is 0 Å². The number of phosphoric acid groups is 1. The molecule has 0 bridgehead atoms. The van der Waals surface area contributed by atoms with Crippen molar-refractivity contribution < 1.29 is 42.7 Å². The zero-order valence-electron chi connectivity index (χ0n) is 24.6. The molecular weight excluding hydrogens is 561 g/mol. The molecular formula is C31H46NO9P. The molecule has 2 rings (SSSR count). The molecule has 0 aromatic heterocycles. The van der Waals surface area contributed by atoms with Gasteiger partial charge in [-0.15, -0.1) is 0 Å². The number of aryl methyl sites for hydroxylation is 1. The number of carbonyl (C=O) groups excluding carboxylic acids is 1. The summed E-state index contributed by atoms with van der Waals surface area (Å²) in [6.07, 6.45) is 12.0. The maximum atomic E-state index is 12.4. The standard InChI is InChI=1S/C31H46NO9P/c1-2-3-4-5-6-7-8-9-12-20-38-29-17-11-10-16-27(29)18-19-30(33)39-22-25-14-13-15-26(21-25)23-40-42(36,37)41-24-28(32)31(34)35/h10-11,13-17,21,28H,2-9,12,18-20,22-24,32H2,1H3,(H,34,35)(H,36,37)/t28-/m0/s1. The van der Waals surface area contributed by atoms with Gasteiger partial charge in [-0.05, 0) is 35.6 Å². The van der Waals surface area contributed by atoms with Crippen molar-refractivity contribution in [2.75, 3.05) is 13.2 Å². The van der Waals surface area contributed by atoms with Crippen LogP contribution in [-0.4, -0.2) is 41.2 Å². The van der Waals surface area contributed by atoms with Gasteiger partial charge < -0.3 is 25.2 Å².